The minimum atomic E-state index is -0.387. The van der Waals surface area contributed by atoms with Crippen molar-refractivity contribution in [3.8, 4) is 0 Å². The average Bonchev–Trinajstić information content (AvgIpc) is 2.24. The Kier molecular flexibility index (Phi) is 5.59. The van der Waals surface area contributed by atoms with E-state index in [1.54, 1.807) is 17.8 Å². The van der Waals surface area contributed by atoms with Gasteiger partial charge >= 0.3 is 0 Å². The molecule has 88 valence electrons. The molecule has 0 aliphatic rings. The van der Waals surface area contributed by atoms with Crippen molar-refractivity contribution in [2.45, 2.75) is 6.54 Å². The summed E-state index contributed by atoms with van der Waals surface area (Å²) in [6.07, 6.45) is 2.02. The molecule has 0 aliphatic carbocycles. The molecule has 0 radical (unpaired) electrons. The highest BCUT2D eigenvalue weighted by Crippen LogP contribution is 2.22. The van der Waals surface area contributed by atoms with Crippen LogP contribution in [-0.4, -0.2) is 23.5 Å². The predicted octanol–water partition coefficient (Wildman–Crippen LogP) is 2.70. The first-order chi connectivity index (χ1) is 7.65. The van der Waals surface area contributed by atoms with Crippen LogP contribution >= 0.6 is 23.4 Å². The molecule has 0 unspecified atom stereocenters. The molecule has 0 saturated heterocycles. The van der Waals surface area contributed by atoms with Crippen LogP contribution in [0, 0.1) is 10.1 Å². The van der Waals surface area contributed by atoms with Crippen LogP contribution < -0.4 is 5.32 Å². The molecular formula is C10H13ClN2O2S. The molecule has 0 fully saturated rings. The number of hydrogen-bond acceptors (Lipinski definition) is 4. The molecule has 0 heterocycles. The Morgan fingerprint density at radius 3 is 2.94 bits per heavy atom. The summed E-state index contributed by atoms with van der Waals surface area (Å²) in [5, 5.41) is 14.4. The van der Waals surface area contributed by atoms with Gasteiger partial charge in [0.15, 0.2) is 0 Å². The molecule has 0 atom stereocenters. The van der Waals surface area contributed by atoms with Gasteiger partial charge in [-0.3, -0.25) is 10.1 Å². The zero-order chi connectivity index (χ0) is 12.0. The van der Waals surface area contributed by atoms with Gasteiger partial charge in [-0.2, -0.15) is 11.8 Å². The molecule has 1 N–H and O–H groups in total. The van der Waals surface area contributed by atoms with Gasteiger partial charge in [-0.25, -0.2) is 0 Å². The quantitative estimate of drug-likeness (QED) is 0.485. The Bertz CT molecular complexity index is 374. The maximum absolute atomic E-state index is 10.8. The fourth-order valence-electron chi connectivity index (χ4n) is 1.27. The maximum Gasteiger partial charge on any atom is 0.273 e. The number of rotatable bonds is 6. The molecule has 6 heteroatoms. The SMILES string of the molecule is CSCCNCc1cc(Cl)ccc1[N+](=O)[O-]. The van der Waals surface area contributed by atoms with Gasteiger partial charge in [0.1, 0.15) is 0 Å². The first-order valence-electron chi connectivity index (χ1n) is 4.77. The number of halogens is 1. The number of nitrogens with one attached hydrogen (secondary N) is 1. The second kappa shape index (κ2) is 6.73. The third-order valence-corrected chi connectivity index (χ3v) is 2.88. The van der Waals surface area contributed by atoms with E-state index in [1.807, 2.05) is 6.26 Å². The monoisotopic (exact) mass is 260 g/mol. The Morgan fingerprint density at radius 1 is 1.56 bits per heavy atom. The van der Waals surface area contributed by atoms with E-state index in [0.29, 0.717) is 17.1 Å². The summed E-state index contributed by atoms with van der Waals surface area (Å²) in [5.74, 6) is 0.981. The molecule has 0 saturated carbocycles. The van der Waals surface area contributed by atoms with Gasteiger partial charge in [-0.1, -0.05) is 11.6 Å². The van der Waals surface area contributed by atoms with Gasteiger partial charge in [0.2, 0.25) is 0 Å². The lowest BCUT2D eigenvalue weighted by atomic mass is 10.2. The minimum Gasteiger partial charge on any atom is -0.312 e. The predicted molar refractivity (Wildman–Crippen MR) is 68.2 cm³/mol. The number of benzene rings is 1. The third-order valence-electron chi connectivity index (χ3n) is 2.04. The highest BCUT2D eigenvalue weighted by atomic mass is 35.5. The van der Waals surface area contributed by atoms with Gasteiger partial charge in [-0.05, 0) is 18.4 Å². The summed E-state index contributed by atoms with van der Waals surface area (Å²) < 4.78 is 0. The fraction of sp³-hybridized carbons (Fsp3) is 0.400. The van der Waals surface area contributed by atoms with Crippen molar-refractivity contribution in [1.82, 2.24) is 5.32 Å². The van der Waals surface area contributed by atoms with E-state index < -0.39 is 0 Å². The molecule has 0 aliphatic heterocycles. The average molecular weight is 261 g/mol. The van der Waals surface area contributed by atoms with Crippen LogP contribution in [0.15, 0.2) is 18.2 Å². The number of nitro benzene ring substituents is 1. The van der Waals surface area contributed by atoms with Gasteiger partial charge < -0.3 is 5.32 Å². The van der Waals surface area contributed by atoms with E-state index in [-0.39, 0.29) is 10.6 Å². The van der Waals surface area contributed by atoms with Gasteiger partial charge in [0, 0.05) is 35.5 Å². The maximum atomic E-state index is 10.8. The standard InChI is InChI=1S/C10H13ClN2O2S/c1-16-5-4-12-7-8-6-9(11)2-3-10(8)13(14)15/h2-3,6,12H,4-5,7H2,1H3. The minimum absolute atomic E-state index is 0.112. The Morgan fingerprint density at radius 2 is 2.31 bits per heavy atom. The van der Waals surface area contributed by atoms with E-state index in [9.17, 15) is 10.1 Å². The van der Waals surface area contributed by atoms with E-state index in [4.69, 9.17) is 11.6 Å². The first-order valence-corrected chi connectivity index (χ1v) is 6.55. The van der Waals surface area contributed by atoms with E-state index in [1.165, 1.54) is 12.1 Å². The molecular weight excluding hydrogens is 248 g/mol. The van der Waals surface area contributed by atoms with Crippen molar-refractivity contribution in [2.75, 3.05) is 18.6 Å². The normalized spacial score (nSPS) is 10.4. The number of hydrogen-bond donors (Lipinski definition) is 1. The Balaban J connectivity index is 2.68. The third kappa shape index (κ3) is 4.00. The summed E-state index contributed by atoms with van der Waals surface area (Å²) >= 11 is 7.54. The Labute approximate surface area is 104 Å². The molecule has 0 amide bonds. The van der Waals surface area contributed by atoms with Crippen LogP contribution in [0.4, 0.5) is 5.69 Å². The van der Waals surface area contributed by atoms with Crippen molar-refractivity contribution in [3.05, 3.63) is 38.9 Å². The van der Waals surface area contributed by atoms with Crippen molar-refractivity contribution in [2.24, 2.45) is 0 Å². The zero-order valence-corrected chi connectivity index (χ0v) is 10.5. The molecule has 0 spiro atoms. The van der Waals surface area contributed by atoms with Crippen LogP contribution in [0.25, 0.3) is 0 Å². The summed E-state index contributed by atoms with van der Waals surface area (Å²) in [4.78, 5) is 10.4. The van der Waals surface area contributed by atoms with Crippen molar-refractivity contribution >= 4 is 29.1 Å². The van der Waals surface area contributed by atoms with Crippen LogP contribution in [0.2, 0.25) is 5.02 Å². The molecule has 1 aromatic rings. The summed E-state index contributed by atoms with van der Waals surface area (Å²) in [6.45, 7) is 1.29. The van der Waals surface area contributed by atoms with Gasteiger partial charge in [0.05, 0.1) is 4.92 Å². The Hall–Kier alpha value is -0.780. The van der Waals surface area contributed by atoms with Crippen LogP contribution in [0.5, 0.6) is 0 Å². The second-order valence-electron chi connectivity index (χ2n) is 3.20. The summed E-state index contributed by atoms with van der Waals surface area (Å²) in [5.41, 5.74) is 0.736. The summed E-state index contributed by atoms with van der Waals surface area (Å²) in [7, 11) is 0. The molecule has 16 heavy (non-hydrogen) atoms. The molecule has 1 aromatic carbocycles. The first kappa shape index (κ1) is 13.3. The van der Waals surface area contributed by atoms with Gasteiger partial charge in [-0.15, -0.1) is 0 Å². The number of thioether (sulfide) groups is 1. The lowest BCUT2D eigenvalue weighted by molar-refractivity contribution is -0.385. The highest BCUT2D eigenvalue weighted by Gasteiger charge is 2.12. The molecule has 1 rings (SSSR count). The van der Waals surface area contributed by atoms with Crippen molar-refractivity contribution in [1.29, 1.82) is 0 Å². The summed E-state index contributed by atoms with van der Waals surface area (Å²) in [6, 6.07) is 4.60. The van der Waals surface area contributed by atoms with Crippen LogP contribution in [0.1, 0.15) is 5.56 Å². The van der Waals surface area contributed by atoms with E-state index in [0.717, 1.165) is 12.3 Å². The largest absolute Gasteiger partial charge is 0.312 e. The topological polar surface area (TPSA) is 55.2 Å². The van der Waals surface area contributed by atoms with Crippen LogP contribution in [-0.2, 0) is 6.54 Å². The zero-order valence-electron chi connectivity index (χ0n) is 8.90. The lowest BCUT2D eigenvalue weighted by Gasteiger charge is -2.05. The van der Waals surface area contributed by atoms with Crippen LogP contribution in [0.3, 0.4) is 0 Å². The highest BCUT2D eigenvalue weighted by molar-refractivity contribution is 7.98. The van der Waals surface area contributed by atoms with Crippen molar-refractivity contribution < 1.29 is 4.92 Å². The van der Waals surface area contributed by atoms with Crippen molar-refractivity contribution in [3.63, 3.8) is 0 Å². The second-order valence-corrected chi connectivity index (χ2v) is 4.62. The molecule has 0 bridgehead atoms. The van der Waals surface area contributed by atoms with E-state index in [2.05, 4.69) is 5.32 Å². The van der Waals surface area contributed by atoms with Gasteiger partial charge in [0.25, 0.3) is 5.69 Å². The number of nitro groups is 1. The molecule has 0 aromatic heterocycles. The van der Waals surface area contributed by atoms with E-state index >= 15 is 0 Å². The smallest absolute Gasteiger partial charge is 0.273 e. The number of nitrogens with zero attached hydrogens (tertiary/aromatic N) is 1. The fourth-order valence-corrected chi connectivity index (χ4v) is 1.81. The lowest BCUT2D eigenvalue weighted by Crippen LogP contribution is -2.17. The molecule has 4 nitrogen and oxygen atoms in total.